The summed E-state index contributed by atoms with van der Waals surface area (Å²) in [7, 11) is 1.41. The number of ether oxygens (including phenoxy) is 2. The molecule has 0 bridgehead atoms. The van der Waals surface area contributed by atoms with Crippen LogP contribution in [-0.4, -0.2) is 34.3 Å². The van der Waals surface area contributed by atoms with E-state index in [9.17, 15) is 14.9 Å². The van der Waals surface area contributed by atoms with Gasteiger partial charge in [-0.3, -0.25) is 14.9 Å². The Bertz CT molecular complexity index is 1110. The third kappa shape index (κ3) is 4.50. The van der Waals surface area contributed by atoms with E-state index in [1.165, 1.54) is 19.2 Å². The second-order valence-corrected chi connectivity index (χ2v) is 6.79. The summed E-state index contributed by atoms with van der Waals surface area (Å²) in [6, 6.07) is 12.2. The van der Waals surface area contributed by atoms with E-state index in [4.69, 9.17) is 9.47 Å². The van der Waals surface area contributed by atoms with Gasteiger partial charge in [0.1, 0.15) is 5.56 Å². The minimum absolute atomic E-state index is 0.101. The Morgan fingerprint density at radius 2 is 1.90 bits per heavy atom. The molecule has 0 aliphatic carbocycles. The molecule has 0 saturated heterocycles. The molecule has 1 amide bonds. The fraction of sp³-hybridized carbons (Fsp3) is 0.273. The van der Waals surface area contributed by atoms with E-state index < -0.39 is 10.8 Å². The van der Waals surface area contributed by atoms with Crippen LogP contribution < -0.4 is 14.8 Å². The van der Waals surface area contributed by atoms with Crippen molar-refractivity contribution >= 4 is 11.6 Å². The van der Waals surface area contributed by atoms with Gasteiger partial charge in [0.2, 0.25) is 0 Å². The van der Waals surface area contributed by atoms with Gasteiger partial charge in [0.15, 0.2) is 11.5 Å². The Morgan fingerprint density at radius 1 is 1.19 bits per heavy atom. The minimum Gasteiger partial charge on any atom is -0.493 e. The smallest absolute Gasteiger partial charge is 0.286 e. The predicted molar refractivity (Wildman–Crippen MR) is 115 cm³/mol. The molecule has 31 heavy (non-hydrogen) atoms. The highest BCUT2D eigenvalue weighted by molar-refractivity contribution is 5.99. The van der Waals surface area contributed by atoms with Crippen LogP contribution in [-0.2, 0) is 6.54 Å². The second kappa shape index (κ2) is 9.29. The molecule has 2 aromatic carbocycles. The number of hydrogen-bond donors (Lipinski definition) is 1. The Labute approximate surface area is 179 Å². The summed E-state index contributed by atoms with van der Waals surface area (Å²) >= 11 is 0. The maximum Gasteiger partial charge on any atom is 0.286 e. The summed E-state index contributed by atoms with van der Waals surface area (Å²) < 4.78 is 12.4. The van der Waals surface area contributed by atoms with Gasteiger partial charge >= 0.3 is 0 Å². The number of aromatic nitrogens is 2. The Hall–Kier alpha value is -3.88. The minimum atomic E-state index is -0.610. The summed E-state index contributed by atoms with van der Waals surface area (Å²) in [4.78, 5) is 23.8. The van der Waals surface area contributed by atoms with Crippen LogP contribution in [0.5, 0.6) is 11.5 Å². The van der Waals surface area contributed by atoms with Crippen LogP contribution in [0.25, 0.3) is 5.69 Å². The number of amides is 1. The third-order valence-electron chi connectivity index (χ3n) is 4.89. The SMILES string of the molecule is CCOc1cc([N+](=O)[O-])c(C(=O)NCc2c(C)nn(-c3ccccc3)c2C)cc1OC. The van der Waals surface area contributed by atoms with E-state index in [-0.39, 0.29) is 29.3 Å². The van der Waals surface area contributed by atoms with Crippen molar-refractivity contribution in [2.45, 2.75) is 27.3 Å². The lowest BCUT2D eigenvalue weighted by Gasteiger charge is -2.12. The molecule has 9 nitrogen and oxygen atoms in total. The van der Waals surface area contributed by atoms with E-state index in [0.29, 0.717) is 6.61 Å². The van der Waals surface area contributed by atoms with Gasteiger partial charge in [0, 0.05) is 23.9 Å². The van der Waals surface area contributed by atoms with Gasteiger partial charge < -0.3 is 14.8 Å². The second-order valence-electron chi connectivity index (χ2n) is 6.79. The number of carbonyl (C=O) groups is 1. The van der Waals surface area contributed by atoms with E-state index >= 15 is 0 Å². The number of hydrogen-bond acceptors (Lipinski definition) is 6. The average Bonchev–Trinajstić information content (AvgIpc) is 3.05. The molecule has 1 N–H and O–H groups in total. The first-order valence-electron chi connectivity index (χ1n) is 9.75. The highest BCUT2D eigenvalue weighted by atomic mass is 16.6. The van der Waals surface area contributed by atoms with Crippen molar-refractivity contribution in [3.63, 3.8) is 0 Å². The van der Waals surface area contributed by atoms with Crippen LogP contribution in [0.1, 0.15) is 34.2 Å². The van der Waals surface area contributed by atoms with Gasteiger partial charge in [-0.25, -0.2) is 4.68 Å². The molecule has 1 aromatic heterocycles. The van der Waals surface area contributed by atoms with E-state index in [1.54, 1.807) is 11.6 Å². The topological polar surface area (TPSA) is 109 Å². The largest absolute Gasteiger partial charge is 0.493 e. The lowest BCUT2D eigenvalue weighted by atomic mass is 10.1. The van der Waals surface area contributed by atoms with Gasteiger partial charge in [-0.15, -0.1) is 0 Å². The van der Waals surface area contributed by atoms with Gasteiger partial charge in [0.25, 0.3) is 11.6 Å². The maximum atomic E-state index is 12.8. The summed E-state index contributed by atoms with van der Waals surface area (Å²) in [5, 5.41) is 18.9. The van der Waals surface area contributed by atoms with Crippen molar-refractivity contribution in [1.82, 2.24) is 15.1 Å². The van der Waals surface area contributed by atoms with E-state index in [0.717, 1.165) is 22.6 Å². The standard InChI is InChI=1S/C22H24N4O5/c1-5-31-21-12-19(26(28)29)17(11-20(21)30-4)22(27)23-13-18-14(2)24-25(15(18)3)16-9-7-6-8-10-16/h6-12H,5,13H2,1-4H3,(H,23,27). The molecule has 0 spiro atoms. The molecule has 9 heteroatoms. The molecule has 3 aromatic rings. The molecule has 0 unspecified atom stereocenters. The highest BCUT2D eigenvalue weighted by Crippen LogP contribution is 2.34. The molecule has 1 heterocycles. The zero-order valence-corrected chi connectivity index (χ0v) is 17.8. The summed E-state index contributed by atoms with van der Waals surface area (Å²) in [6.07, 6.45) is 0. The summed E-state index contributed by atoms with van der Waals surface area (Å²) in [5.41, 5.74) is 2.94. The Balaban J connectivity index is 1.88. The van der Waals surface area contributed by atoms with Crippen LogP contribution in [0, 0.1) is 24.0 Å². The molecule has 0 aliphatic heterocycles. The van der Waals surface area contributed by atoms with Gasteiger partial charge in [0.05, 0.1) is 36.1 Å². The van der Waals surface area contributed by atoms with Gasteiger partial charge in [-0.05, 0) is 32.9 Å². The number of nitro benzene ring substituents is 1. The van der Waals surface area contributed by atoms with E-state index in [2.05, 4.69) is 10.4 Å². The summed E-state index contributed by atoms with van der Waals surface area (Å²) in [6.45, 7) is 6.01. The number of benzene rings is 2. The molecular weight excluding hydrogens is 400 g/mol. The number of nitrogens with zero attached hydrogens (tertiary/aromatic N) is 3. The van der Waals surface area contributed by atoms with Crippen LogP contribution in [0.3, 0.4) is 0 Å². The number of carbonyl (C=O) groups excluding carboxylic acids is 1. The van der Waals surface area contributed by atoms with Gasteiger partial charge in [-0.1, -0.05) is 18.2 Å². The molecule has 162 valence electrons. The number of methoxy groups -OCH3 is 1. The molecule has 0 saturated carbocycles. The van der Waals surface area contributed by atoms with Crippen molar-refractivity contribution in [2.24, 2.45) is 0 Å². The number of para-hydroxylation sites is 1. The quantitative estimate of drug-likeness (QED) is 0.436. The normalized spacial score (nSPS) is 10.6. The van der Waals surface area contributed by atoms with Crippen LogP contribution >= 0.6 is 0 Å². The maximum absolute atomic E-state index is 12.8. The zero-order valence-electron chi connectivity index (χ0n) is 17.8. The molecule has 0 radical (unpaired) electrons. The summed E-state index contributed by atoms with van der Waals surface area (Å²) in [5.74, 6) is -0.120. The zero-order chi connectivity index (χ0) is 22.5. The van der Waals surface area contributed by atoms with Crippen molar-refractivity contribution in [3.05, 3.63) is 75.1 Å². The van der Waals surface area contributed by atoms with Crippen LogP contribution in [0.15, 0.2) is 42.5 Å². The van der Waals surface area contributed by atoms with Crippen LogP contribution in [0.4, 0.5) is 5.69 Å². The lowest BCUT2D eigenvalue weighted by molar-refractivity contribution is -0.385. The fourth-order valence-corrected chi connectivity index (χ4v) is 3.33. The monoisotopic (exact) mass is 424 g/mol. The number of nitro groups is 1. The predicted octanol–water partition coefficient (Wildman–Crippen LogP) is 3.73. The first-order valence-corrected chi connectivity index (χ1v) is 9.75. The fourth-order valence-electron chi connectivity index (χ4n) is 3.33. The molecule has 0 aliphatic rings. The molecule has 0 atom stereocenters. The lowest BCUT2D eigenvalue weighted by Crippen LogP contribution is -2.24. The number of aryl methyl sites for hydroxylation is 1. The van der Waals surface area contributed by atoms with Gasteiger partial charge in [-0.2, -0.15) is 5.10 Å². The number of nitrogens with one attached hydrogen (secondary N) is 1. The number of rotatable bonds is 8. The van der Waals surface area contributed by atoms with Crippen LogP contribution in [0.2, 0.25) is 0 Å². The first kappa shape index (κ1) is 21.8. The Morgan fingerprint density at radius 3 is 2.52 bits per heavy atom. The molecule has 0 fully saturated rings. The van der Waals surface area contributed by atoms with Crippen molar-refractivity contribution < 1.29 is 19.2 Å². The Kier molecular flexibility index (Phi) is 6.54. The molecular formula is C22H24N4O5. The molecule has 3 rings (SSSR count). The van der Waals surface area contributed by atoms with E-state index in [1.807, 2.05) is 44.2 Å². The van der Waals surface area contributed by atoms with Crippen molar-refractivity contribution in [2.75, 3.05) is 13.7 Å². The third-order valence-corrected chi connectivity index (χ3v) is 4.89. The first-order chi connectivity index (χ1) is 14.9. The van der Waals surface area contributed by atoms with Crippen molar-refractivity contribution in [1.29, 1.82) is 0 Å². The highest BCUT2D eigenvalue weighted by Gasteiger charge is 2.25. The van der Waals surface area contributed by atoms with Crippen molar-refractivity contribution in [3.8, 4) is 17.2 Å². The average molecular weight is 424 g/mol.